The Balaban J connectivity index is 0.000000614. The fraction of sp³-hybridized carbons (Fsp3) is 0.625. The summed E-state index contributed by atoms with van der Waals surface area (Å²) in [5.74, 6) is 1.38. The number of rotatable bonds is 11. The lowest BCUT2D eigenvalue weighted by molar-refractivity contribution is -0.121. The van der Waals surface area contributed by atoms with E-state index < -0.39 is 0 Å². The predicted octanol–water partition coefficient (Wildman–Crippen LogP) is 6.61. The average molecular weight is 469 g/mol. The number of hydrogen-bond acceptors (Lipinski definition) is 4. The summed E-state index contributed by atoms with van der Waals surface area (Å²) in [6.45, 7) is 13.8. The molecule has 29 heavy (non-hydrogen) atoms. The second-order valence-corrected chi connectivity index (χ2v) is 8.17. The van der Waals surface area contributed by atoms with Crippen molar-refractivity contribution < 1.29 is 19.1 Å². The minimum absolute atomic E-state index is 0.0313. The number of carbonyl (C=O) groups is 3. The number of Topliss-reactive ketones (excluding diaryl/α,β-unsaturated/α-hetero) is 3. The Morgan fingerprint density at radius 1 is 1.03 bits per heavy atom. The van der Waals surface area contributed by atoms with Crippen molar-refractivity contribution in [3.05, 3.63) is 27.7 Å². The first-order valence-corrected chi connectivity index (χ1v) is 11.4. The average Bonchev–Trinajstić information content (AvgIpc) is 2.72. The van der Waals surface area contributed by atoms with E-state index in [0.29, 0.717) is 31.6 Å². The smallest absolute Gasteiger partial charge is 0.169 e. The molecule has 5 heteroatoms. The summed E-state index contributed by atoms with van der Waals surface area (Å²) in [6, 6.07) is 3.96. The van der Waals surface area contributed by atoms with Crippen molar-refractivity contribution >= 4 is 33.3 Å². The predicted molar refractivity (Wildman–Crippen MR) is 123 cm³/mol. The monoisotopic (exact) mass is 468 g/mol. The van der Waals surface area contributed by atoms with Gasteiger partial charge in [0.1, 0.15) is 17.3 Å². The molecule has 0 amide bonds. The topological polar surface area (TPSA) is 60.4 Å². The Kier molecular flexibility index (Phi) is 13.7. The van der Waals surface area contributed by atoms with Crippen LogP contribution >= 0.6 is 15.9 Å². The Bertz CT molecular complexity index is 682. The molecule has 0 fully saturated rings. The van der Waals surface area contributed by atoms with E-state index in [0.717, 1.165) is 28.4 Å². The van der Waals surface area contributed by atoms with Gasteiger partial charge in [0.25, 0.3) is 0 Å². The van der Waals surface area contributed by atoms with Crippen LogP contribution in [0.3, 0.4) is 0 Å². The van der Waals surface area contributed by atoms with Crippen LogP contribution < -0.4 is 4.74 Å². The lowest BCUT2D eigenvalue weighted by Gasteiger charge is -2.17. The largest absolute Gasteiger partial charge is 0.492 e. The minimum Gasteiger partial charge on any atom is -0.492 e. The summed E-state index contributed by atoms with van der Waals surface area (Å²) in [7, 11) is 0. The number of carbonyl (C=O) groups excluding carboxylic acids is 3. The summed E-state index contributed by atoms with van der Waals surface area (Å²) in [5.41, 5.74) is 1.81. The molecule has 4 nitrogen and oxygen atoms in total. The molecule has 0 aliphatic carbocycles. The molecule has 0 bridgehead atoms. The Labute approximate surface area is 184 Å². The standard InChI is InChI=1S/C15H21BrO2.C9H16O2/c1-5-10(4)14(17)13-11(6-2)8-9-12(16)15(13)18-7-3;1-4-9(11)6-5-7(2)8(3)10/h8-10H,5-7H2,1-4H3;7H,4-6H2,1-3H3. The number of hydrogen-bond donors (Lipinski definition) is 0. The number of benzene rings is 1. The van der Waals surface area contributed by atoms with E-state index in [4.69, 9.17) is 4.74 Å². The highest BCUT2D eigenvalue weighted by molar-refractivity contribution is 9.10. The van der Waals surface area contributed by atoms with Gasteiger partial charge in [0.2, 0.25) is 0 Å². The highest BCUT2D eigenvalue weighted by Gasteiger charge is 2.22. The van der Waals surface area contributed by atoms with Gasteiger partial charge in [0.15, 0.2) is 5.78 Å². The fourth-order valence-corrected chi connectivity index (χ4v) is 3.08. The molecule has 0 radical (unpaired) electrons. The lowest BCUT2D eigenvalue weighted by Crippen LogP contribution is -2.15. The van der Waals surface area contributed by atoms with Crippen LogP contribution in [-0.2, 0) is 16.0 Å². The molecule has 2 unspecified atom stereocenters. The van der Waals surface area contributed by atoms with E-state index in [2.05, 4.69) is 22.9 Å². The van der Waals surface area contributed by atoms with E-state index in [9.17, 15) is 14.4 Å². The maximum Gasteiger partial charge on any atom is 0.169 e. The van der Waals surface area contributed by atoms with Crippen LogP contribution in [0.4, 0.5) is 0 Å². The van der Waals surface area contributed by atoms with Crippen LogP contribution in [0.1, 0.15) is 90.1 Å². The number of ether oxygens (including phenoxy) is 1. The van der Waals surface area contributed by atoms with Crippen molar-refractivity contribution in [2.75, 3.05) is 6.61 Å². The second kappa shape index (κ2) is 14.5. The summed E-state index contributed by atoms with van der Waals surface area (Å²) in [6.07, 6.45) is 3.54. The van der Waals surface area contributed by atoms with E-state index in [1.807, 2.05) is 46.8 Å². The minimum atomic E-state index is 0.0313. The van der Waals surface area contributed by atoms with Crippen molar-refractivity contribution in [1.82, 2.24) is 0 Å². The SMILES string of the molecule is CCC(=O)CCC(C)C(C)=O.CCOc1c(Br)ccc(CC)c1C(=O)C(C)CC. The maximum absolute atomic E-state index is 12.5. The number of halogens is 1. The van der Waals surface area contributed by atoms with Crippen LogP contribution in [0.15, 0.2) is 16.6 Å². The van der Waals surface area contributed by atoms with Gasteiger partial charge in [0.05, 0.1) is 16.6 Å². The fourth-order valence-electron chi connectivity index (χ4n) is 2.64. The zero-order chi connectivity index (χ0) is 22.6. The van der Waals surface area contributed by atoms with Crippen LogP contribution in [0.2, 0.25) is 0 Å². The molecule has 0 aromatic heterocycles. The van der Waals surface area contributed by atoms with Crippen molar-refractivity contribution in [2.24, 2.45) is 11.8 Å². The van der Waals surface area contributed by atoms with Gasteiger partial charge in [-0.1, -0.05) is 40.7 Å². The maximum atomic E-state index is 12.5. The molecule has 0 spiro atoms. The highest BCUT2D eigenvalue weighted by atomic mass is 79.9. The number of aryl methyl sites for hydroxylation is 1. The molecule has 2 atom stereocenters. The van der Waals surface area contributed by atoms with Gasteiger partial charge in [-0.15, -0.1) is 0 Å². The Morgan fingerprint density at radius 3 is 2.10 bits per heavy atom. The Morgan fingerprint density at radius 2 is 1.66 bits per heavy atom. The van der Waals surface area contributed by atoms with Gasteiger partial charge in [-0.3, -0.25) is 14.4 Å². The first-order chi connectivity index (χ1) is 13.6. The third-order valence-electron chi connectivity index (χ3n) is 5.12. The molecule has 0 heterocycles. The molecule has 164 valence electrons. The lowest BCUT2D eigenvalue weighted by atomic mass is 9.92. The highest BCUT2D eigenvalue weighted by Crippen LogP contribution is 2.34. The molecule has 1 rings (SSSR count). The summed E-state index contributed by atoms with van der Waals surface area (Å²) < 4.78 is 6.51. The first kappa shape index (κ1) is 27.5. The second-order valence-electron chi connectivity index (χ2n) is 7.31. The Hall–Kier alpha value is -1.49. The van der Waals surface area contributed by atoms with Gasteiger partial charge >= 0.3 is 0 Å². The van der Waals surface area contributed by atoms with Crippen LogP contribution in [0.5, 0.6) is 5.75 Å². The molecule has 1 aromatic rings. The molecule has 1 aromatic carbocycles. The summed E-state index contributed by atoms with van der Waals surface area (Å²) in [5, 5.41) is 0. The summed E-state index contributed by atoms with van der Waals surface area (Å²) in [4.78, 5) is 34.1. The molecular formula is C24H37BrO4. The molecule has 0 N–H and O–H groups in total. The van der Waals surface area contributed by atoms with Crippen LogP contribution in [0, 0.1) is 11.8 Å². The van der Waals surface area contributed by atoms with Gasteiger partial charge in [0, 0.05) is 24.7 Å². The van der Waals surface area contributed by atoms with Crippen LogP contribution in [-0.4, -0.2) is 24.0 Å². The molecule has 0 saturated heterocycles. The number of ketones is 3. The van der Waals surface area contributed by atoms with E-state index >= 15 is 0 Å². The zero-order valence-electron chi connectivity index (χ0n) is 19.1. The normalized spacial score (nSPS) is 12.4. The van der Waals surface area contributed by atoms with Gasteiger partial charge in [-0.25, -0.2) is 0 Å². The zero-order valence-corrected chi connectivity index (χ0v) is 20.6. The summed E-state index contributed by atoms with van der Waals surface area (Å²) >= 11 is 3.47. The van der Waals surface area contributed by atoms with Gasteiger partial charge in [-0.2, -0.15) is 0 Å². The van der Waals surface area contributed by atoms with Crippen molar-refractivity contribution in [2.45, 2.75) is 80.6 Å². The van der Waals surface area contributed by atoms with Gasteiger partial charge < -0.3 is 4.74 Å². The molecule has 0 aliphatic rings. The van der Waals surface area contributed by atoms with Crippen molar-refractivity contribution in [3.8, 4) is 5.75 Å². The van der Waals surface area contributed by atoms with E-state index in [-0.39, 0.29) is 29.2 Å². The van der Waals surface area contributed by atoms with Gasteiger partial charge in [-0.05, 0) is 60.7 Å². The third-order valence-corrected chi connectivity index (χ3v) is 5.74. The van der Waals surface area contributed by atoms with E-state index in [1.165, 1.54) is 0 Å². The molecule has 0 saturated carbocycles. The third kappa shape index (κ3) is 9.24. The van der Waals surface area contributed by atoms with Crippen molar-refractivity contribution in [1.29, 1.82) is 0 Å². The quantitative estimate of drug-likeness (QED) is 0.342. The van der Waals surface area contributed by atoms with Crippen LogP contribution in [0.25, 0.3) is 0 Å². The molecular weight excluding hydrogens is 432 g/mol. The van der Waals surface area contributed by atoms with E-state index in [1.54, 1.807) is 6.92 Å². The first-order valence-electron chi connectivity index (χ1n) is 10.6. The molecule has 0 aliphatic heterocycles. The van der Waals surface area contributed by atoms with Crippen molar-refractivity contribution in [3.63, 3.8) is 0 Å².